The van der Waals surface area contributed by atoms with E-state index in [0.29, 0.717) is 16.5 Å². The fraction of sp³-hybridized carbons (Fsp3) is 0.500. The maximum absolute atomic E-state index is 11.2. The summed E-state index contributed by atoms with van der Waals surface area (Å²) in [6, 6.07) is -0.468. The first kappa shape index (κ1) is 12.7. The Morgan fingerprint density at radius 3 is 2.62 bits per heavy atom. The Kier molecular flexibility index (Phi) is 4.06. The molecule has 0 aliphatic rings. The second kappa shape index (κ2) is 5.12. The van der Waals surface area contributed by atoms with Gasteiger partial charge >= 0.3 is 0 Å². The number of aromatic nitrogens is 2. The second-order valence-electron chi connectivity index (χ2n) is 3.91. The topological polar surface area (TPSA) is 80.9 Å². The van der Waals surface area contributed by atoms with Crippen LogP contribution in [0.3, 0.4) is 0 Å². The number of carbonyl (C=O) groups is 1. The summed E-state index contributed by atoms with van der Waals surface area (Å²) in [5.41, 5.74) is 6.00. The van der Waals surface area contributed by atoms with Gasteiger partial charge in [0.2, 0.25) is 5.91 Å². The van der Waals surface area contributed by atoms with Crippen molar-refractivity contribution in [3.63, 3.8) is 0 Å². The predicted octanol–water partition coefficient (Wildman–Crippen LogP) is 1.36. The maximum Gasteiger partial charge on any atom is 0.240 e. The summed E-state index contributed by atoms with van der Waals surface area (Å²) in [5, 5.41) is 3.34. The van der Waals surface area contributed by atoms with Crippen LogP contribution in [0.5, 0.6) is 0 Å². The third kappa shape index (κ3) is 2.82. The van der Waals surface area contributed by atoms with Gasteiger partial charge in [-0.05, 0) is 12.8 Å². The predicted molar refractivity (Wildman–Crippen MR) is 63.2 cm³/mol. The van der Waals surface area contributed by atoms with E-state index in [1.807, 2.05) is 13.8 Å². The number of anilines is 1. The Morgan fingerprint density at radius 2 is 2.12 bits per heavy atom. The van der Waals surface area contributed by atoms with Gasteiger partial charge in [-0.15, -0.1) is 0 Å². The van der Waals surface area contributed by atoms with Crippen molar-refractivity contribution in [3.8, 4) is 0 Å². The van der Waals surface area contributed by atoms with Gasteiger partial charge in [-0.25, -0.2) is 9.97 Å². The molecule has 0 aliphatic heterocycles. The first-order valence-electron chi connectivity index (χ1n) is 4.96. The zero-order valence-corrected chi connectivity index (χ0v) is 10.2. The summed E-state index contributed by atoms with van der Waals surface area (Å²) < 4.78 is 0. The molecule has 1 rings (SSSR count). The fourth-order valence-electron chi connectivity index (χ4n) is 1.29. The lowest BCUT2D eigenvalue weighted by molar-refractivity contribution is -0.119. The Balaban J connectivity index is 2.94. The summed E-state index contributed by atoms with van der Waals surface area (Å²) in [4.78, 5) is 19.1. The third-order valence-corrected chi connectivity index (χ3v) is 2.67. The van der Waals surface area contributed by atoms with Crippen LogP contribution in [-0.4, -0.2) is 21.9 Å². The first-order chi connectivity index (χ1) is 7.43. The van der Waals surface area contributed by atoms with Gasteiger partial charge in [-0.2, -0.15) is 0 Å². The van der Waals surface area contributed by atoms with Crippen LogP contribution in [0.4, 0.5) is 5.82 Å². The van der Waals surface area contributed by atoms with Crippen molar-refractivity contribution in [1.29, 1.82) is 0 Å². The van der Waals surface area contributed by atoms with E-state index in [1.165, 1.54) is 6.33 Å². The fourth-order valence-corrected chi connectivity index (χ4v) is 1.42. The third-order valence-electron chi connectivity index (χ3n) is 2.29. The highest BCUT2D eigenvalue weighted by Gasteiger charge is 2.20. The highest BCUT2D eigenvalue weighted by atomic mass is 35.5. The molecule has 0 radical (unpaired) electrons. The molecule has 0 aliphatic carbocycles. The molecule has 1 atom stereocenters. The highest BCUT2D eigenvalue weighted by molar-refractivity contribution is 6.30. The minimum Gasteiger partial charge on any atom is -0.368 e. The van der Waals surface area contributed by atoms with E-state index < -0.39 is 11.9 Å². The van der Waals surface area contributed by atoms with E-state index in [-0.39, 0.29) is 5.92 Å². The standard InChI is InChI=1S/C10H15ClN4O/c1-5(2)7(9(12)16)15-10-6(3)8(11)13-4-14-10/h4-5,7H,1-3H3,(H2,12,16)(H,13,14,15). The lowest BCUT2D eigenvalue weighted by Gasteiger charge is -2.20. The monoisotopic (exact) mass is 242 g/mol. The number of nitrogens with zero attached hydrogens (tertiary/aromatic N) is 2. The number of hydrogen-bond donors (Lipinski definition) is 2. The molecule has 6 heteroatoms. The van der Waals surface area contributed by atoms with Crippen LogP contribution in [0, 0.1) is 12.8 Å². The van der Waals surface area contributed by atoms with Crippen molar-refractivity contribution in [2.45, 2.75) is 26.8 Å². The normalized spacial score (nSPS) is 12.6. The van der Waals surface area contributed by atoms with Gasteiger partial charge in [0.15, 0.2) is 0 Å². The lowest BCUT2D eigenvalue weighted by atomic mass is 10.0. The van der Waals surface area contributed by atoms with Crippen LogP contribution in [0.25, 0.3) is 0 Å². The zero-order valence-electron chi connectivity index (χ0n) is 9.49. The molecule has 0 saturated carbocycles. The molecule has 1 amide bonds. The molecule has 1 heterocycles. The van der Waals surface area contributed by atoms with Gasteiger partial charge in [0.05, 0.1) is 0 Å². The molecule has 0 spiro atoms. The molecule has 5 nitrogen and oxygen atoms in total. The van der Waals surface area contributed by atoms with Crippen molar-refractivity contribution in [2.24, 2.45) is 11.7 Å². The summed E-state index contributed by atoms with van der Waals surface area (Å²) >= 11 is 5.85. The number of nitrogens with one attached hydrogen (secondary N) is 1. The van der Waals surface area contributed by atoms with Crippen molar-refractivity contribution in [1.82, 2.24) is 9.97 Å². The number of primary amides is 1. The van der Waals surface area contributed by atoms with Crippen molar-refractivity contribution < 1.29 is 4.79 Å². The maximum atomic E-state index is 11.2. The van der Waals surface area contributed by atoms with Crippen LogP contribution in [0.15, 0.2) is 6.33 Å². The van der Waals surface area contributed by atoms with Crippen molar-refractivity contribution >= 4 is 23.3 Å². The van der Waals surface area contributed by atoms with Crippen molar-refractivity contribution in [2.75, 3.05) is 5.32 Å². The van der Waals surface area contributed by atoms with Crippen LogP contribution in [0.1, 0.15) is 19.4 Å². The number of hydrogen-bond acceptors (Lipinski definition) is 4. The zero-order chi connectivity index (χ0) is 12.3. The number of nitrogens with two attached hydrogens (primary N) is 1. The SMILES string of the molecule is Cc1c(Cl)ncnc1NC(C(N)=O)C(C)C. The van der Waals surface area contributed by atoms with Crippen molar-refractivity contribution in [3.05, 3.63) is 17.0 Å². The number of halogens is 1. The summed E-state index contributed by atoms with van der Waals surface area (Å²) in [6.07, 6.45) is 1.34. The van der Waals surface area contributed by atoms with Crippen LogP contribution >= 0.6 is 11.6 Å². The van der Waals surface area contributed by atoms with Gasteiger partial charge in [0.1, 0.15) is 23.3 Å². The second-order valence-corrected chi connectivity index (χ2v) is 4.26. The molecular formula is C10H15ClN4O. The number of rotatable bonds is 4. The quantitative estimate of drug-likeness (QED) is 0.782. The molecular weight excluding hydrogens is 228 g/mol. The average Bonchev–Trinajstić information content (AvgIpc) is 2.19. The summed E-state index contributed by atoms with van der Waals surface area (Å²) in [5.74, 6) is 0.201. The Morgan fingerprint density at radius 1 is 1.50 bits per heavy atom. The molecule has 3 N–H and O–H groups in total. The molecule has 1 aromatic rings. The van der Waals surface area contributed by atoms with E-state index in [1.54, 1.807) is 6.92 Å². The van der Waals surface area contributed by atoms with Gasteiger partial charge in [0.25, 0.3) is 0 Å². The molecule has 1 unspecified atom stereocenters. The summed E-state index contributed by atoms with van der Waals surface area (Å²) in [6.45, 7) is 5.59. The molecule has 0 saturated heterocycles. The highest BCUT2D eigenvalue weighted by Crippen LogP contribution is 2.19. The minimum absolute atomic E-state index is 0.0747. The Bertz CT molecular complexity index is 394. The molecule has 0 fully saturated rings. The lowest BCUT2D eigenvalue weighted by Crippen LogP contribution is -2.40. The van der Waals surface area contributed by atoms with E-state index in [4.69, 9.17) is 17.3 Å². The van der Waals surface area contributed by atoms with E-state index in [9.17, 15) is 4.79 Å². The Hall–Kier alpha value is -1.36. The summed E-state index contributed by atoms with van der Waals surface area (Å²) in [7, 11) is 0. The van der Waals surface area contributed by atoms with Crippen LogP contribution in [0.2, 0.25) is 5.15 Å². The van der Waals surface area contributed by atoms with Gasteiger partial charge in [-0.1, -0.05) is 25.4 Å². The van der Waals surface area contributed by atoms with E-state index in [0.717, 1.165) is 0 Å². The minimum atomic E-state index is -0.468. The van der Waals surface area contributed by atoms with Gasteiger partial charge < -0.3 is 11.1 Å². The van der Waals surface area contributed by atoms with Gasteiger partial charge in [-0.3, -0.25) is 4.79 Å². The Labute approximate surface area is 99.4 Å². The molecule has 0 bridgehead atoms. The average molecular weight is 243 g/mol. The van der Waals surface area contributed by atoms with Crippen LogP contribution in [-0.2, 0) is 4.79 Å². The largest absolute Gasteiger partial charge is 0.368 e. The number of amides is 1. The molecule has 88 valence electrons. The molecule has 16 heavy (non-hydrogen) atoms. The van der Waals surface area contributed by atoms with Gasteiger partial charge in [0, 0.05) is 5.56 Å². The van der Waals surface area contributed by atoms with E-state index >= 15 is 0 Å². The van der Waals surface area contributed by atoms with Crippen LogP contribution < -0.4 is 11.1 Å². The smallest absolute Gasteiger partial charge is 0.240 e. The first-order valence-corrected chi connectivity index (χ1v) is 5.34. The molecule has 1 aromatic heterocycles. The molecule has 0 aromatic carbocycles. The number of carbonyl (C=O) groups excluding carboxylic acids is 1. The van der Waals surface area contributed by atoms with E-state index in [2.05, 4.69) is 15.3 Å².